The van der Waals surface area contributed by atoms with Crippen LogP contribution in [0.3, 0.4) is 0 Å². The Labute approximate surface area is 164 Å². The van der Waals surface area contributed by atoms with E-state index in [-0.39, 0.29) is 24.8 Å². The van der Waals surface area contributed by atoms with Gasteiger partial charge in [-0.3, -0.25) is 14.6 Å². The Morgan fingerprint density at radius 1 is 1.07 bits per heavy atom. The number of nitrogens with zero attached hydrogens (tertiary/aromatic N) is 2. The molecule has 0 aliphatic carbocycles. The first kappa shape index (κ1) is 19.4. The number of carbonyl (C=O) groups is 2. The lowest BCUT2D eigenvalue weighted by atomic mass is 10.1. The summed E-state index contributed by atoms with van der Waals surface area (Å²) in [5.41, 5.74) is 2.36. The first-order valence-corrected chi connectivity index (χ1v) is 9.10. The zero-order chi connectivity index (χ0) is 19.9. The molecule has 2 aromatic carbocycles. The zero-order valence-corrected chi connectivity index (χ0v) is 16.0. The van der Waals surface area contributed by atoms with Crippen LogP contribution in [0.1, 0.15) is 18.9 Å². The third-order valence-electron chi connectivity index (χ3n) is 4.51. The van der Waals surface area contributed by atoms with Crippen molar-refractivity contribution in [1.29, 1.82) is 0 Å². The van der Waals surface area contributed by atoms with Gasteiger partial charge in [0.05, 0.1) is 18.3 Å². The first-order chi connectivity index (χ1) is 13.6. The number of anilines is 1. The quantitative estimate of drug-likeness (QED) is 0.686. The van der Waals surface area contributed by atoms with Crippen molar-refractivity contribution in [2.75, 3.05) is 18.6 Å². The molecule has 1 heterocycles. The molecule has 1 aromatic heterocycles. The van der Waals surface area contributed by atoms with Gasteiger partial charge in [-0.1, -0.05) is 36.4 Å². The molecular weight excluding hydrogens is 354 g/mol. The molecule has 3 rings (SSSR count). The predicted molar refractivity (Wildman–Crippen MR) is 109 cm³/mol. The second-order valence-corrected chi connectivity index (χ2v) is 6.36. The van der Waals surface area contributed by atoms with Gasteiger partial charge < -0.3 is 15.0 Å². The summed E-state index contributed by atoms with van der Waals surface area (Å²) in [4.78, 5) is 30.5. The highest BCUT2D eigenvalue weighted by Gasteiger charge is 2.16. The van der Waals surface area contributed by atoms with E-state index in [1.54, 1.807) is 18.2 Å². The van der Waals surface area contributed by atoms with Gasteiger partial charge in [0.25, 0.3) is 0 Å². The number of amides is 2. The summed E-state index contributed by atoms with van der Waals surface area (Å²) >= 11 is 0. The van der Waals surface area contributed by atoms with Crippen molar-refractivity contribution in [2.45, 2.75) is 19.9 Å². The van der Waals surface area contributed by atoms with Crippen LogP contribution >= 0.6 is 0 Å². The molecule has 1 N–H and O–H groups in total. The van der Waals surface area contributed by atoms with Crippen molar-refractivity contribution in [3.05, 3.63) is 66.4 Å². The maximum absolute atomic E-state index is 12.3. The summed E-state index contributed by atoms with van der Waals surface area (Å²) in [6.07, 6.45) is 1.89. The maximum atomic E-state index is 12.3. The molecule has 0 aliphatic rings. The highest BCUT2D eigenvalue weighted by molar-refractivity contribution is 6.01. The molecule has 0 saturated carbocycles. The summed E-state index contributed by atoms with van der Waals surface area (Å²) in [6.45, 7) is 2.15. The molecule has 0 bridgehead atoms. The molecular formula is C22H23N3O3. The van der Waals surface area contributed by atoms with Crippen LogP contribution in [0.5, 0.6) is 5.75 Å². The predicted octanol–water partition coefficient (Wildman–Crippen LogP) is 3.30. The number of hydrogen-bond acceptors (Lipinski definition) is 4. The van der Waals surface area contributed by atoms with Gasteiger partial charge in [0.1, 0.15) is 5.75 Å². The Morgan fingerprint density at radius 2 is 1.86 bits per heavy atom. The van der Waals surface area contributed by atoms with Gasteiger partial charge in [-0.05, 0) is 18.2 Å². The summed E-state index contributed by atoms with van der Waals surface area (Å²) in [5, 5.41) is 3.83. The maximum Gasteiger partial charge on any atom is 0.223 e. The van der Waals surface area contributed by atoms with E-state index in [0.29, 0.717) is 12.2 Å². The minimum Gasteiger partial charge on any atom is -0.496 e. The van der Waals surface area contributed by atoms with Crippen molar-refractivity contribution in [1.82, 2.24) is 10.3 Å². The lowest BCUT2D eigenvalue weighted by molar-refractivity contribution is -0.121. The number of ether oxygens (including phenoxy) is 1. The highest BCUT2D eigenvalue weighted by atomic mass is 16.5. The number of aromatic nitrogens is 1. The molecule has 28 heavy (non-hydrogen) atoms. The molecule has 0 radical (unpaired) electrons. The van der Waals surface area contributed by atoms with Gasteiger partial charge in [0, 0.05) is 43.6 Å². The average molecular weight is 377 g/mol. The normalized spacial score (nSPS) is 10.5. The summed E-state index contributed by atoms with van der Waals surface area (Å²) < 4.78 is 5.29. The number of nitrogens with one attached hydrogen (secondary N) is 1. The van der Waals surface area contributed by atoms with Crippen molar-refractivity contribution in [3.8, 4) is 5.75 Å². The molecule has 6 nitrogen and oxygen atoms in total. The van der Waals surface area contributed by atoms with E-state index in [4.69, 9.17) is 4.74 Å². The number of fused-ring (bicyclic) bond motifs is 1. The Kier molecular flexibility index (Phi) is 6.22. The van der Waals surface area contributed by atoms with E-state index in [2.05, 4.69) is 10.3 Å². The zero-order valence-electron chi connectivity index (χ0n) is 16.0. The van der Waals surface area contributed by atoms with Gasteiger partial charge in [0.15, 0.2) is 0 Å². The van der Waals surface area contributed by atoms with E-state index >= 15 is 0 Å². The minimum absolute atomic E-state index is 0.129. The first-order valence-electron chi connectivity index (χ1n) is 9.10. The fourth-order valence-electron chi connectivity index (χ4n) is 3.10. The Balaban J connectivity index is 1.67. The molecule has 6 heteroatoms. The van der Waals surface area contributed by atoms with Crippen molar-refractivity contribution < 1.29 is 14.3 Å². The van der Waals surface area contributed by atoms with Crippen LogP contribution < -0.4 is 15.0 Å². The van der Waals surface area contributed by atoms with E-state index in [9.17, 15) is 9.59 Å². The van der Waals surface area contributed by atoms with E-state index in [1.165, 1.54) is 6.92 Å². The molecule has 0 unspecified atom stereocenters. The number of pyridine rings is 1. The van der Waals surface area contributed by atoms with Crippen molar-refractivity contribution >= 4 is 28.4 Å². The largest absolute Gasteiger partial charge is 0.496 e. The van der Waals surface area contributed by atoms with Crippen LogP contribution in [0.2, 0.25) is 0 Å². The number of carbonyl (C=O) groups excluding carboxylic acids is 2. The lowest BCUT2D eigenvalue weighted by Gasteiger charge is -2.22. The standard InChI is InChI=1S/C22H23N3O3/c1-16(26)25(19-10-5-8-17-9-6-13-23-22(17)19)14-12-21(27)24-15-18-7-3-4-11-20(18)28-2/h3-11,13H,12,14-15H2,1-2H3,(H,24,27). The second-order valence-electron chi connectivity index (χ2n) is 6.36. The molecule has 0 aliphatic heterocycles. The second kappa shape index (κ2) is 8.99. The molecule has 3 aromatic rings. The van der Waals surface area contributed by atoms with Crippen molar-refractivity contribution in [2.24, 2.45) is 0 Å². The highest BCUT2D eigenvalue weighted by Crippen LogP contribution is 2.25. The van der Waals surface area contributed by atoms with Crippen LogP contribution in [-0.4, -0.2) is 30.5 Å². The third-order valence-corrected chi connectivity index (χ3v) is 4.51. The van der Waals surface area contributed by atoms with E-state index in [0.717, 1.165) is 22.2 Å². The SMILES string of the molecule is COc1ccccc1CNC(=O)CCN(C(C)=O)c1cccc2cccnc12. The summed E-state index contributed by atoms with van der Waals surface area (Å²) in [5.74, 6) is 0.469. The monoisotopic (exact) mass is 377 g/mol. The fourth-order valence-corrected chi connectivity index (χ4v) is 3.10. The average Bonchev–Trinajstić information content (AvgIpc) is 2.72. The third kappa shape index (κ3) is 4.46. The molecule has 0 fully saturated rings. The van der Waals surface area contributed by atoms with Gasteiger partial charge >= 0.3 is 0 Å². The minimum atomic E-state index is -0.134. The Morgan fingerprint density at radius 3 is 2.64 bits per heavy atom. The van der Waals surface area contributed by atoms with E-state index in [1.807, 2.05) is 54.6 Å². The summed E-state index contributed by atoms with van der Waals surface area (Å²) in [6, 6.07) is 17.0. The van der Waals surface area contributed by atoms with Gasteiger partial charge in [0.2, 0.25) is 11.8 Å². The number of methoxy groups -OCH3 is 1. The number of benzene rings is 2. The fraction of sp³-hybridized carbons (Fsp3) is 0.227. The number of rotatable bonds is 7. The molecule has 0 atom stereocenters. The Bertz CT molecular complexity index is 982. The lowest BCUT2D eigenvalue weighted by Crippen LogP contribution is -2.34. The van der Waals surface area contributed by atoms with Crippen LogP contribution in [0.15, 0.2) is 60.8 Å². The molecule has 144 valence electrons. The van der Waals surface area contributed by atoms with Crippen LogP contribution in [0.25, 0.3) is 10.9 Å². The Hall–Kier alpha value is -3.41. The topological polar surface area (TPSA) is 71.5 Å². The van der Waals surface area contributed by atoms with Gasteiger partial charge in [-0.2, -0.15) is 0 Å². The van der Waals surface area contributed by atoms with Crippen LogP contribution in [0, 0.1) is 0 Å². The smallest absolute Gasteiger partial charge is 0.223 e. The molecule has 2 amide bonds. The van der Waals surface area contributed by atoms with E-state index < -0.39 is 0 Å². The number of hydrogen-bond donors (Lipinski definition) is 1. The molecule has 0 saturated heterocycles. The van der Waals surface area contributed by atoms with Crippen LogP contribution in [0.4, 0.5) is 5.69 Å². The summed E-state index contributed by atoms with van der Waals surface area (Å²) in [7, 11) is 1.60. The number of para-hydroxylation sites is 2. The van der Waals surface area contributed by atoms with Crippen LogP contribution in [-0.2, 0) is 16.1 Å². The van der Waals surface area contributed by atoms with Gasteiger partial charge in [-0.25, -0.2) is 0 Å². The molecule has 0 spiro atoms. The van der Waals surface area contributed by atoms with Crippen molar-refractivity contribution in [3.63, 3.8) is 0 Å². The van der Waals surface area contributed by atoms with Gasteiger partial charge in [-0.15, -0.1) is 0 Å².